The molecule has 15 heteroatoms. The van der Waals surface area contributed by atoms with Gasteiger partial charge in [-0.1, -0.05) is 11.8 Å². The summed E-state index contributed by atoms with van der Waals surface area (Å²) in [5, 5.41) is 19.3. The third-order valence-electron chi connectivity index (χ3n) is 3.79. The van der Waals surface area contributed by atoms with Crippen LogP contribution >= 0.6 is 23.5 Å². The molecule has 2 atom stereocenters. The molecule has 0 bridgehead atoms. The number of thioether (sulfide) groups is 2. The summed E-state index contributed by atoms with van der Waals surface area (Å²) in [5.74, 6) is -3.78. The number of rotatable bonds is 5. The molecule has 0 saturated carbocycles. The Hall–Kier alpha value is -1.22. The smallest absolute Gasteiger partial charge is 0.543 e. The van der Waals surface area contributed by atoms with E-state index < -0.39 is 41.2 Å². The summed E-state index contributed by atoms with van der Waals surface area (Å²) in [6, 6.07) is -0.906. The molecule has 0 spiro atoms. The Kier molecular flexibility index (Phi) is 7.12. The van der Waals surface area contributed by atoms with Gasteiger partial charge in [-0.25, -0.2) is 0 Å². The summed E-state index contributed by atoms with van der Waals surface area (Å²) >= 11 is 2.01. The zero-order chi connectivity index (χ0) is 19.9. The molecule has 1 N–H and O–H groups in total. The van der Waals surface area contributed by atoms with Gasteiger partial charge in [-0.3, -0.25) is 14.5 Å². The van der Waals surface area contributed by atoms with Crippen LogP contribution in [0.25, 0.3) is 0 Å². The van der Waals surface area contributed by atoms with Crippen molar-refractivity contribution in [2.75, 3.05) is 11.5 Å². The van der Waals surface area contributed by atoms with Crippen LogP contribution in [-0.4, -0.2) is 60.4 Å². The van der Waals surface area contributed by atoms with Crippen LogP contribution in [0.2, 0.25) is 0 Å². The van der Waals surface area contributed by atoms with Crippen molar-refractivity contribution in [1.82, 2.24) is 25.0 Å². The quantitative estimate of drug-likeness (QED) is 0.276. The van der Waals surface area contributed by atoms with E-state index in [-0.39, 0.29) is 46.2 Å². The molecule has 3 rings (SSSR count). The third-order valence-corrected chi connectivity index (χ3v) is 6.00. The van der Waals surface area contributed by atoms with E-state index in [2.05, 4.69) is 15.5 Å². The molecular weight excluding hydrogens is 434 g/mol. The monoisotopic (exact) mass is 445 g/mol. The van der Waals surface area contributed by atoms with Gasteiger partial charge in [0.1, 0.15) is 11.4 Å². The topological polar surface area (TPSA) is 120 Å². The summed E-state index contributed by atoms with van der Waals surface area (Å²) in [5.41, 5.74) is -0.234. The Morgan fingerprint density at radius 3 is 2.68 bits per heavy atom. The number of carboxylic acid groups (broad SMARTS) is 1. The Balaban J connectivity index is 0.00000280. The van der Waals surface area contributed by atoms with Crippen LogP contribution in [0.15, 0.2) is 16.9 Å². The number of aromatic nitrogens is 3. The normalized spacial score (nSPS) is 21.2. The number of carbonyl (C=O) groups excluding carboxylic acids is 3. The molecule has 2 aliphatic heterocycles. The van der Waals surface area contributed by atoms with E-state index in [0.29, 0.717) is 5.75 Å². The molecule has 9 nitrogen and oxygen atoms in total. The molecule has 146 valence electrons. The summed E-state index contributed by atoms with van der Waals surface area (Å²) in [6.45, 7) is 0. The number of alkyl halides is 3. The maximum absolute atomic E-state index is 12.7. The largest absolute Gasteiger partial charge is 1.00 e. The average molecular weight is 445 g/mol. The zero-order valence-electron chi connectivity index (χ0n) is 14.5. The van der Waals surface area contributed by atoms with Gasteiger partial charge < -0.3 is 19.8 Å². The molecule has 1 fully saturated rings. The van der Waals surface area contributed by atoms with Gasteiger partial charge in [0.25, 0.3) is 5.91 Å². The Morgan fingerprint density at radius 2 is 2.11 bits per heavy atom. The zero-order valence-corrected chi connectivity index (χ0v) is 18.2. The molecule has 2 unspecified atom stereocenters. The number of carboxylic acids is 1. The first-order valence-electron chi connectivity index (χ1n) is 7.36. The molecule has 1 saturated heterocycles. The van der Waals surface area contributed by atoms with E-state index in [1.165, 1.54) is 17.8 Å². The molecular formula is C13H11F3N5NaO4S2. The number of hydrogen-bond acceptors (Lipinski definition) is 8. The minimum absolute atomic E-state index is 0. The predicted octanol–water partition coefficient (Wildman–Crippen LogP) is -4.04. The number of nitrogens with zero attached hydrogens (tertiary/aromatic N) is 4. The van der Waals surface area contributed by atoms with Gasteiger partial charge in [0.15, 0.2) is 5.16 Å². The number of fused-ring (bicyclic) bond motifs is 1. The molecule has 0 aliphatic carbocycles. The second kappa shape index (κ2) is 8.65. The molecule has 2 amide bonds. The van der Waals surface area contributed by atoms with Crippen molar-refractivity contribution in [3.63, 3.8) is 0 Å². The fourth-order valence-electron chi connectivity index (χ4n) is 2.56. The molecule has 0 aromatic carbocycles. The summed E-state index contributed by atoms with van der Waals surface area (Å²) < 4.78 is 38.7. The van der Waals surface area contributed by atoms with Crippen molar-refractivity contribution in [2.24, 2.45) is 7.05 Å². The number of aliphatic carboxylic acids is 1. The van der Waals surface area contributed by atoms with Crippen molar-refractivity contribution in [3.8, 4) is 0 Å². The number of hydrogen-bond donors (Lipinski definition) is 1. The van der Waals surface area contributed by atoms with Gasteiger partial charge in [0.05, 0.1) is 17.4 Å². The van der Waals surface area contributed by atoms with Crippen LogP contribution in [0.1, 0.15) is 5.82 Å². The first-order chi connectivity index (χ1) is 12.6. The fourth-order valence-corrected chi connectivity index (χ4v) is 4.48. The Labute approximate surface area is 186 Å². The average Bonchev–Trinajstić information content (AvgIpc) is 2.97. The van der Waals surface area contributed by atoms with Gasteiger partial charge >= 0.3 is 35.7 Å². The van der Waals surface area contributed by atoms with Gasteiger partial charge in [-0.2, -0.15) is 13.2 Å². The van der Waals surface area contributed by atoms with Gasteiger partial charge in [0, 0.05) is 12.8 Å². The van der Waals surface area contributed by atoms with Crippen molar-refractivity contribution in [1.29, 1.82) is 0 Å². The second-order valence-electron chi connectivity index (χ2n) is 5.51. The standard InChI is InChI=1S/C13H12F3N5O4S2.Na/c1-20-11(13(14,15)16)18-19-12(20)27-4-6(22)17-7-8(23)21-5(10(24)25)2-3-26-9(7)21;/h2,7,9H,3-4H2,1H3,(H,17,22)(H,24,25);/q;+1/p-1. The summed E-state index contributed by atoms with van der Waals surface area (Å²) in [6.07, 6.45) is -3.30. The fraction of sp³-hybridized carbons (Fsp3) is 0.462. The van der Waals surface area contributed by atoms with Crippen LogP contribution in [0.3, 0.4) is 0 Å². The van der Waals surface area contributed by atoms with Crippen LogP contribution in [0.5, 0.6) is 0 Å². The van der Waals surface area contributed by atoms with E-state index in [1.807, 2.05) is 0 Å². The van der Waals surface area contributed by atoms with Gasteiger partial charge in [-0.15, -0.1) is 22.0 Å². The minimum atomic E-state index is -4.66. The van der Waals surface area contributed by atoms with E-state index in [9.17, 15) is 32.7 Å². The van der Waals surface area contributed by atoms with Crippen LogP contribution in [0.4, 0.5) is 13.2 Å². The van der Waals surface area contributed by atoms with Crippen molar-refractivity contribution < 1.29 is 62.2 Å². The van der Waals surface area contributed by atoms with Crippen molar-refractivity contribution >= 4 is 41.3 Å². The summed E-state index contributed by atoms with van der Waals surface area (Å²) in [7, 11) is 1.13. The van der Waals surface area contributed by atoms with Gasteiger partial charge in [0.2, 0.25) is 11.7 Å². The molecule has 0 radical (unpaired) electrons. The first-order valence-corrected chi connectivity index (χ1v) is 9.39. The Morgan fingerprint density at radius 1 is 1.43 bits per heavy atom. The van der Waals surface area contributed by atoms with Crippen LogP contribution in [-0.2, 0) is 27.6 Å². The molecule has 28 heavy (non-hydrogen) atoms. The number of halogens is 3. The third kappa shape index (κ3) is 4.35. The minimum Gasteiger partial charge on any atom is -0.543 e. The first kappa shape index (κ1) is 23.1. The number of nitrogens with one attached hydrogen (secondary N) is 1. The van der Waals surface area contributed by atoms with Crippen molar-refractivity contribution in [2.45, 2.75) is 22.7 Å². The maximum Gasteiger partial charge on any atom is 1.00 e. The number of β-lactam (4-membered cyclic amide) rings is 1. The maximum atomic E-state index is 12.7. The van der Waals surface area contributed by atoms with Gasteiger partial charge in [-0.05, 0) is 6.08 Å². The number of amides is 2. The van der Waals surface area contributed by atoms with Crippen LogP contribution < -0.4 is 40.0 Å². The summed E-state index contributed by atoms with van der Waals surface area (Å²) in [4.78, 5) is 36.2. The Bertz CT molecular complexity index is 847. The van der Waals surface area contributed by atoms with E-state index in [0.717, 1.165) is 28.3 Å². The van der Waals surface area contributed by atoms with E-state index in [4.69, 9.17) is 0 Å². The molecule has 2 aliphatic rings. The van der Waals surface area contributed by atoms with Crippen molar-refractivity contribution in [3.05, 3.63) is 17.6 Å². The predicted molar refractivity (Wildman–Crippen MR) is 84.8 cm³/mol. The second-order valence-corrected chi connectivity index (χ2v) is 7.60. The van der Waals surface area contributed by atoms with E-state index >= 15 is 0 Å². The molecule has 1 aromatic heterocycles. The van der Waals surface area contributed by atoms with E-state index in [1.54, 1.807) is 0 Å². The SMILES string of the molecule is Cn1c(SCC(=O)NC2C(=O)N3C(C(=O)[O-])=CCSC23)nnc1C(F)(F)F.[Na+]. The molecule has 1 aromatic rings. The molecule has 3 heterocycles. The number of carbonyl (C=O) groups is 3. The van der Waals surface area contributed by atoms with Crippen LogP contribution in [0, 0.1) is 0 Å².